The molecule has 0 spiro atoms. The van der Waals surface area contributed by atoms with Crippen LogP contribution >= 0.6 is 15.9 Å². The Bertz CT molecular complexity index is 1680. The molecular weight excluding hydrogens is 546 g/mol. The highest BCUT2D eigenvalue weighted by Gasteiger charge is 2.31. The van der Waals surface area contributed by atoms with Crippen LogP contribution in [0.5, 0.6) is 0 Å². The van der Waals surface area contributed by atoms with E-state index in [1.807, 2.05) is 62.4 Å². The smallest absolute Gasteiger partial charge is 0.326 e. The Balaban J connectivity index is 1.26. The Labute approximate surface area is 227 Å². The number of nitrogens with zero attached hydrogens (tertiary/aromatic N) is 6. The minimum Gasteiger partial charge on any atom is -0.326 e. The van der Waals surface area contributed by atoms with Crippen molar-refractivity contribution in [1.29, 1.82) is 0 Å². The standard InChI is InChI=1S/C27H24BrN9O/c1-15-4-7-19(31-26-33-21-9-6-18(28)10-22(21)34-26)11-23(15)37-14-17-12-30-25(35-24(17)36(3)27(37)38)32-20-8-5-16(2)29-13-20/h4-13H,14H2,1-3H3,(H,30,32,35)(H2,31,33,34). The third-order valence-electron chi connectivity index (χ3n) is 6.38. The van der Waals surface area contributed by atoms with E-state index >= 15 is 0 Å². The number of imidazole rings is 1. The number of urea groups is 1. The predicted octanol–water partition coefficient (Wildman–Crippen LogP) is 6.19. The quantitative estimate of drug-likeness (QED) is 0.231. The Kier molecular flexibility index (Phi) is 5.91. The molecule has 0 fully saturated rings. The van der Waals surface area contributed by atoms with Gasteiger partial charge >= 0.3 is 6.03 Å². The number of fused-ring (bicyclic) bond motifs is 2. The number of amides is 2. The number of carbonyl (C=O) groups excluding carboxylic acids is 1. The van der Waals surface area contributed by atoms with E-state index in [2.05, 4.69) is 51.5 Å². The number of rotatable bonds is 5. The van der Waals surface area contributed by atoms with Crippen LogP contribution in [-0.2, 0) is 6.54 Å². The van der Waals surface area contributed by atoms with Crippen LogP contribution < -0.4 is 20.4 Å². The zero-order chi connectivity index (χ0) is 26.4. The fourth-order valence-electron chi connectivity index (χ4n) is 4.38. The molecule has 2 aromatic carbocycles. The van der Waals surface area contributed by atoms with Crippen molar-refractivity contribution in [2.24, 2.45) is 0 Å². The average Bonchev–Trinajstić information content (AvgIpc) is 3.30. The van der Waals surface area contributed by atoms with Crippen molar-refractivity contribution in [2.75, 3.05) is 27.5 Å². The molecule has 0 saturated heterocycles. The number of hydrogen-bond donors (Lipinski definition) is 3. The number of benzene rings is 2. The van der Waals surface area contributed by atoms with Gasteiger partial charge in [-0.15, -0.1) is 0 Å². The van der Waals surface area contributed by atoms with E-state index in [0.29, 0.717) is 24.3 Å². The molecule has 3 aromatic heterocycles. The summed E-state index contributed by atoms with van der Waals surface area (Å²) in [7, 11) is 1.72. The van der Waals surface area contributed by atoms with Crippen LogP contribution in [0.25, 0.3) is 11.0 Å². The summed E-state index contributed by atoms with van der Waals surface area (Å²) in [6.07, 6.45) is 3.48. The number of pyridine rings is 1. The van der Waals surface area contributed by atoms with Gasteiger partial charge in [0.05, 0.1) is 35.1 Å². The van der Waals surface area contributed by atoms with Gasteiger partial charge in [0, 0.05) is 34.7 Å². The van der Waals surface area contributed by atoms with Crippen molar-refractivity contribution in [2.45, 2.75) is 20.4 Å². The molecule has 1 aliphatic rings. The normalized spacial score (nSPS) is 13.1. The zero-order valence-electron chi connectivity index (χ0n) is 21.0. The first-order chi connectivity index (χ1) is 18.3. The van der Waals surface area contributed by atoms with E-state index in [1.165, 1.54) is 0 Å². The minimum absolute atomic E-state index is 0.173. The van der Waals surface area contributed by atoms with Crippen LogP contribution in [0.4, 0.5) is 39.6 Å². The first-order valence-electron chi connectivity index (χ1n) is 12.0. The lowest BCUT2D eigenvalue weighted by Crippen LogP contribution is -2.46. The number of halogens is 1. The summed E-state index contributed by atoms with van der Waals surface area (Å²) in [6.45, 7) is 4.27. The van der Waals surface area contributed by atoms with Gasteiger partial charge in [-0.05, 0) is 61.9 Å². The first-order valence-corrected chi connectivity index (χ1v) is 12.8. The molecule has 3 N–H and O–H groups in total. The van der Waals surface area contributed by atoms with Crippen LogP contribution in [-0.4, -0.2) is 38.0 Å². The summed E-state index contributed by atoms with van der Waals surface area (Å²) in [5, 5.41) is 6.48. The fourth-order valence-corrected chi connectivity index (χ4v) is 4.75. The minimum atomic E-state index is -0.173. The van der Waals surface area contributed by atoms with Crippen LogP contribution in [0, 0.1) is 13.8 Å². The van der Waals surface area contributed by atoms with Gasteiger partial charge in [0.2, 0.25) is 11.9 Å². The lowest BCUT2D eigenvalue weighted by molar-refractivity contribution is 0.251. The summed E-state index contributed by atoms with van der Waals surface area (Å²) < 4.78 is 0.977. The SMILES string of the molecule is Cc1ccc(Nc2ncc3c(n2)N(C)C(=O)N(c2cc(Nc4nc5ccc(Br)cc5[nH]4)ccc2C)C3)cn1. The van der Waals surface area contributed by atoms with Crippen molar-refractivity contribution in [3.05, 3.63) is 82.2 Å². The maximum atomic E-state index is 13.5. The maximum Gasteiger partial charge on any atom is 0.330 e. The van der Waals surface area contributed by atoms with Gasteiger partial charge in [-0.25, -0.2) is 14.8 Å². The summed E-state index contributed by atoms with van der Waals surface area (Å²) in [5.74, 6) is 1.60. The third kappa shape index (κ3) is 4.52. The molecule has 5 aromatic rings. The topological polar surface area (TPSA) is 115 Å². The highest BCUT2D eigenvalue weighted by molar-refractivity contribution is 9.10. The van der Waals surface area contributed by atoms with Gasteiger partial charge in [0.1, 0.15) is 5.82 Å². The molecule has 0 aliphatic carbocycles. The molecule has 10 nitrogen and oxygen atoms in total. The molecule has 11 heteroatoms. The summed E-state index contributed by atoms with van der Waals surface area (Å²) in [6, 6.07) is 15.4. The number of nitrogens with one attached hydrogen (secondary N) is 3. The number of aromatic nitrogens is 5. The van der Waals surface area contributed by atoms with Gasteiger partial charge in [-0.2, -0.15) is 4.98 Å². The second kappa shape index (κ2) is 9.42. The molecule has 0 saturated carbocycles. The fraction of sp³-hybridized carbons (Fsp3) is 0.148. The van der Waals surface area contributed by atoms with Gasteiger partial charge in [-0.3, -0.25) is 14.8 Å². The van der Waals surface area contributed by atoms with E-state index in [0.717, 1.165) is 49.4 Å². The number of hydrogen-bond acceptors (Lipinski definition) is 7. The molecule has 190 valence electrons. The second-order valence-corrected chi connectivity index (χ2v) is 10.1. The molecule has 0 atom stereocenters. The lowest BCUT2D eigenvalue weighted by atomic mass is 10.1. The molecule has 0 unspecified atom stereocenters. The van der Waals surface area contributed by atoms with E-state index in [1.54, 1.807) is 29.2 Å². The largest absolute Gasteiger partial charge is 0.330 e. The monoisotopic (exact) mass is 569 g/mol. The van der Waals surface area contributed by atoms with Crippen molar-refractivity contribution >= 4 is 67.8 Å². The highest BCUT2D eigenvalue weighted by atomic mass is 79.9. The van der Waals surface area contributed by atoms with Gasteiger partial charge < -0.3 is 15.6 Å². The Morgan fingerprint density at radius 3 is 2.61 bits per heavy atom. The molecular formula is C27H24BrN9O. The number of H-pyrrole nitrogens is 1. The van der Waals surface area contributed by atoms with Gasteiger partial charge in [0.15, 0.2) is 0 Å². The van der Waals surface area contributed by atoms with Crippen LogP contribution in [0.2, 0.25) is 0 Å². The molecule has 2 amide bonds. The average molecular weight is 570 g/mol. The van der Waals surface area contributed by atoms with Crippen molar-refractivity contribution in [3.63, 3.8) is 0 Å². The van der Waals surface area contributed by atoms with Gasteiger partial charge in [-0.1, -0.05) is 22.0 Å². The summed E-state index contributed by atoms with van der Waals surface area (Å²) in [5.41, 5.74) is 6.91. The number of carbonyl (C=O) groups is 1. The van der Waals surface area contributed by atoms with Gasteiger partial charge in [0.25, 0.3) is 0 Å². The molecule has 38 heavy (non-hydrogen) atoms. The van der Waals surface area contributed by atoms with E-state index in [9.17, 15) is 4.79 Å². The van der Waals surface area contributed by atoms with Crippen LogP contribution in [0.3, 0.4) is 0 Å². The third-order valence-corrected chi connectivity index (χ3v) is 6.87. The molecule has 6 rings (SSSR count). The van der Waals surface area contributed by atoms with Crippen molar-refractivity contribution in [3.8, 4) is 0 Å². The summed E-state index contributed by atoms with van der Waals surface area (Å²) in [4.78, 5) is 38.0. The van der Waals surface area contributed by atoms with E-state index in [4.69, 9.17) is 0 Å². The maximum absolute atomic E-state index is 13.5. The van der Waals surface area contributed by atoms with Crippen molar-refractivity contribution < 1.29 is 4.79 Å². The predicted molar refractivity (Wildman–Crippen MR) is 153 cm³/mol. The number of aromatic amines is 1. The number of anilines is 6. The molecule has 0 bridgehead atoms. The molecule has 4 heterocycles. The number of aryl methyl sites for hydroxylation is 2. The first kappa shape index (κ1) is 23.9. The molecule has 0 radical (unpaired) electrons. The Hall–Kier alpha value is -4.51. The summed E-state index contributed by atoms with van der Waals surface area (Å²) >= 11 is 3.49. The van der Waals surface area contributed by atoms with E-state index in [-0.39, 0.29) is 6.03 Å². The Morgan fingerprint density at radius 2 is 1.79 bits per heavy atom. The van der Waals surface area contributed by atoms with Crippen molar-refractivity contribution in [1.82, 2.24) is 24.9 Å². The lowest BCUT2D eigenvalue weighted by Gasteiger charge is -2.35. The Morgan fingerprint density at radius 1 is 0.947 bits per heavy atom. The second-order valence-electron chi connectivity index (χ2n) is 9.16. The highest BCUT2D eigenvalue weighted by Crippen LogP contribution is 2.34. The molecule has 1 aliphatic heterocycles. The van der Waals surface area contributed by atoms with E-state index < -0.39 is 0 Å². The van der Waals surface area contributed by atoms with Crippen LogP contribution in [0.1, 0.15) is 16.8 Å². The van der Waals surface area contributed by atoms with Crippen LogP contribution in [0.15, 0.2) is 65.4 Å². The zero-order valence-corrected chi connectivity index (χ0v) is 22.5.